The molecule has 0 fully saturated rings. The molecule has 146 valence electrons. The largest absolute Gasteiger partial charge is 0.493 e. The van der Waals surface area contributed by atoms with Gasteiger partial charge >= 0.3 is 6.18 Å². The summed E-state index contributed by atoms with van der Waals surface area (Å²) in [5.74, 6) is -0.188. The minimum atomic E-state index is -4.55. The zero-order valence-corrected chi connectivity index (χ0v) is 16.3. The van der Waals surface area contributed by atoms with Gasteiger partial charge in [0.25, 0.3) is 5.91 Å². The van der Waals surface area contributed by atoms with Gasteiger partial charge in [0.1, 0.15) is 11.6 Å². The molecule has 0 spiro atoms. The molecule has 0 aliphatic rings. The van der Waals surface area contributed by atoms with Crippen molar-refractivity contribution in [2.75, 3.05) is 19.5 Å². The summed E-state index contributed by atoms with van der Waals surface area (Å²) in [6.45, 7) is 0. The van der Waals surface area contributed by atoms with Crippen molar-refractivity contribution < 1.29 is 27.4 Å². The molecule has 2 rings (SSSR count). The molecule has 2 aromatic carbocycles. The van der Waals surface area contributed by atoms with Crippen LogP contribution in [-0.4, -0.2) is 20.1 Å². The van der Waals surface area contributed by atoms with E-state index in [2.05, 4.69) is 21.2 Å². The second-order valence-corrected chi connectivity index (χ2v) is 6.35. The van der Waals surface area contributed by atoms with Crippen LogP contribution < -0.4 is 14.8 Å². The number of ether oxygens (including phenoxy) is 2. The minimum absolute atomic E-state index is 0.0836. The van der Waals surface area contributed by atoms with Gasteiger partial charge in [-0.25, -0.2) is 0 Å². The van der Waals surface area contributed by atoms with Gasteiger partial charge in [0.2, 0.25) is 0 Å². The highest BCUT2D eigenvalue weighted by Gasteiger charge is 2.30. The zero-order chi connectivity index (χ0) is 20.9. The molecule has 0 heterocycles. The van der Waals surface area contributed by atoms with Crippen molar-refractivity contribution in [2.45, 2.75) is 6.18 Å². The van der Waals surface area contributed by atoms with Crippen molar-refractivity contribution >= 4 is 33.6 Å². The predicted molar refractivity (Wildman–Crippen MR) is 101 cm³/mol. The molecule has 0 saturated carbocycles. The normalized spacial score (nSPS) is 11.5. The fourth-order valence-electron chi connectivity index (χ4n) is 2.34. The van der Waals surface area contributed by atoms with Crippen molar-refractivity contribution in [2.24, 2.45) is 0 Å². The topological polar surface area (TPSA) is 71.3 Å². The number of nitrogens with zero attached hydrogens (tertiary/aromatic N) is 1. The predicted octanol–water partition coefficient (Wildman–Crippen LogP) is 5.03. The maximum Gasteiger partial charge on any atom is 0.416 e. The first kappa shape index (κ1) is 21.3. The van der Waals surface area contributed by atoms with Crippen LogP contribution in [0.5, 0.6) is 11.5 Å². The van der Waals surface area contributed by atoms with E-state index in [1.807, 2.05) is 0 Å². The number of anilines is 1. The summed E-state index contributed by atoms with van der Waals surface area (Å²) in [7, 11) is 2.83. The van der Waals surface area contributed by atoms with E-state index < -0.39 is 17.6 Å². The van der Waals surface area contributed by atoms with Crippen LogP contribution in [-0.2, 0) is 11.0 Å². The Morgan fingerprint density at radius 2 is 1.93 bits per heavy atom. The Morgan fingerprint density at radius 3 is 2.50 bits per heavy atom. The second-order valence-electron chi connectivity index (χ2n) is 5.43. The van der Waals surface area contributed by atoms with E-state index in [1.165, 1.54) is 26.4 Å². The van der Waals surface area contributed by atoms with E-state index in [0.29, 0.717) is 21.5 Å². The Bertz CT molecular complexity index is 966. The van der Waals surface area contributed by atoms with Crippen LogP contribution >= 0.6 is 15.9 Å². The molecule has 0 atom stereocenters. The second kappa shape index (κ2) is 8.80. The molecule has 1 N–H and O–H groups in total. The van der Waals surface area contributed by atoms with Crippen LogP contribution in [0.1, 0.15) is 11.1 Å². The molecule has 28 heavy (non-hydrogen) atoms. The highest BCUT2D eigenvalue weighted by Crippen LogP contribution is 2.36. The molecular weight excluding hydrogens is 441 g/mol. The maximum absolute atomic E-state index is 12.8. The van der Waals surface area contributed by atoms with Gasteiger partial charge in [0.15, 0.2) is 11.5 Å². The van der Waals surface area contributed by atoms with Gasteiger partial charge < -0.3 is 14.8 Å². The lowest BCUT2D eigenvalue weighted by molar-refractivity contribution is -0.137. The number of hydrogen-bond donors (Lipinski definition) is 1. The maximum atomic E-state index is 12.8. The average molecular weight is 455 g/mol. The highest BCUT2D eigenvalue weighted by atomic mass is 79.9. The Morgan fingerprint density at radius 1 is 1.21 bits per heavy atom. The first-order valence-electron chi connectivity index (χ1n) is 7.71. The zero-order valence-electron chi connectivity index (χ0n) is 14.7. The third-order valence-corrected chi connectivity index (χ3v) is 4.04. The number of amides is 1. The molecular formula is C19H14BrF3N2O3. The third kappa shape index (κ3) is 5.04. The standard InChI is InChI=1S/C19H14BrF3N2O3/c1-27-16-9-14(20)7-11(17(16)28-2)6-12(10-24)18(26)25-15-5-3-4-13(8-15)19(21,22)23/h3-9H,1-2H3,(H,25,26)/b12-6-. The van der Waals surface area contributed by atoms with Crippen LogP contribution in [0.25, 0.3) is 6.08 Å². The molecule has 0 aliphatic carbocycles. The van der Waals surface area contributed by atoms with Crippen molar-refractivity contribution in [3.63, 3.8) is 0 Å². The lowest BCUT2D eigenvalue weighted by Gasteiger charge is -2.12. The number of halogens is 4. The van der Waals surface area contributed by atoms with Gasteiger partial charge in [-0.15, -0.1) is 0 Å². The fourth-order valence-corrected chi connectivity index (χ4v) is 2.80. The molecule has 1 amide bonds. The molecule has 9 heteroatoms. The molecule has 2 aromatic rings. The van der Waals surface area contributed by atoms with Gasteiger partial charge in [-0.05, 0) is 36.4 Å². The Balaban J connectivity index is 2.38. The number of nitriles is 1. The molecule has 5 nitrogen and oxygen atoms in total. The Kier molecular flexibility index (Phi) is 6.70. The van der Waals surface area contributed by atoms with Crippen molar-refractivity contribution in [3.8, 4) is 17.6 Å². The number of rotatable bonds is 5. The number of hydrogen-bond acceptors (Lipinski definition) is 4. The van der Waals surface area contributed by atoms with E-state index in [9.17, 15) is 23.2 Å². The summed E-state index contributed by atoms with van der Waals surface area (Å²) in [5, 5.41) is 11.6. The van der Waals surface area contributed by atoms with Gasteiger partial charge in [-0.2, -0.15) is 18.4 Å². The third-order valence-electron chi connectivity index (χ3n) is 3.59. The van der Waals surface area contributed by atoms with E-state index in [0.717, 1.165) is 18.2 Å². The lowest BCUT2D eigenvalue weighted by atomic mass is 10.1. The number of benzene rings is 2. The number of carbonyl (C=O) groups excluding carboxylic acids is 1. The van der Waals surface area contributed by atoms with E-state index in [4.69, 9.17) is 9.47 Å². The summed E-state index contributed by atoms with van der Waals surface area (Å²) < 4.78 is 49.5. The average Bonchev–Trinajstić information content (AvgIpc) is 2.64. The summed E-state index contributed by atoms with van der Waals surface area (Å²) in [6, 6.07) is 9.12. The summed E-state index contributed by atoms with van der Waals surface area (Å²) in [5.41, 5.74) is -0.939. The minimum Gasteiger partial charge on any atom is -0.493 e. The number of methoxy groups -OCH3 is 2. The van der Waals surface area contributed by atoms with E-state index in [-0.39, 0.29) is 11.3 Å². The molecule has 0 radical (unpaired) electrons. The fraction of sp³-hybridized carbons (Fsp3) is 0.158. The molecule has 0 aliphatic heterocycles. The van der Waals surface area contributed by atoms with Crippen LogP contribution in [0.3, 0.4) is 0 Å². The van der Waals surface area contributed by atoms with Gasteiger partial charge in [0, 0.05) is 15.7 Å². The first-order chi connectivity index (χ1) is 13.2. The number of nitrogens with one attached hydrogen (secondary N) is 1. The van der Waals surface area contributed by atoms with Gasteiger partial charge in [-0.1, -0.05) is 22.0 Å². The van der Waals surface area contributed by atoms with Crippen molar-refractivity contribution in [3.05, 3.63) is 57.6 Å². The summed E-state index contributed by atoms with van der Waals surface area (Å²) >= 11 is 3.29. The number of carbonyl (C=O) groups is 1. The van der Waals surface area contributed by atoms with E-state index >= 15 is 0 Å². The lowest BCUT2D eigenvalue weighted by Crippen LogP contribution is -2.14. The van der Waals surface area contributed by atoms with Crippen LogP contribution in [0.4, 0.5) is 18.9 Å². The van der Waals surface area contributed by atoms with Gasteiger partial charge in [0.05, 0.1) is 19.8 Å². The summed E-state index contributed by atoms with van der Waals surface area (Å²) in [4.78, 5) is 12.4. The van der Waals surface area contributed by atoms with E-state index in [1.54, 1.807) is 18.2 Å². The molecule has 0 unspecified atom stereocenters. The highest BCUT2D eigenvalue weighted by molar-refractivity contribution is 9.10. The SMILES string of the molecule is COc1cc(Br)cc(/C=C(/C#N)C(=O)Nc2cccc(C(F)(F)F)c2)c1OC. The summed E-state index contributed by atoms with van der Waals surface area (Å²) in [6.07, 6.45) is -3.29. The quantitative estimate of drug-likeness (QED) is 0.507. The smallest absolute Gasteiger partial charge is 0.416 e. The first-order valence-corrected chi connectivity index (χ1v) is 8.50. The van der Waals surface area contributed by atoms with Crippen LogP contribution in [0.15, 0.2) is 46.4 Å². The van der Waals surface area contributed by atoms with Gasteiger partial charge in [-0.3, -0.25) is 4.79 Å². The monoisotopic (exact) mass is 454 g/mol. The molecule has 0 aromatic heterocycles. The molecule has 0 bridgehead atoms. The van der Waals surface area contributed by atoms with Crippen LogP contribution in [0, 0.1) is 11.3 Å². The Hall–Kier alpha value is -2.99. The van der Waals surface area contributed by atoms with Crippen molar-refractivity contribution in [1.29, 1.82) is 5.26 Å². The Labute approximate surface area is 167 Å². The van der Waals surface area contributed by atoms with Crippen LogP contribution in [0.2, 0.25) is 0 Å². The molecule has 0 saturated heterocycles. The van der Waals surface area contributed by atoms with Crippen molar-refractivity contribution in [1.82, 2.24) is 0 Å². The number of alkyl halides is 3.